The molecule has 5 heteroatoms. The summed E-state index contributed by atoms with van der Waals surface area (Å²) >= 11 is 6.56. The number of carbonyl (C=O) groups excluding carboxylic acids is 1. The third-order valence-corrected chi connectivity index (χ3v) is 3.74. The zero-order valence-electron chi connectivity index (χ0n) is 9.59. The number of Topliss-reactive ketones (excluding diaryl/α,β-unsaturated/α-hetero) is 1. The Hall–Kier alpha value is -1.07. The summed E-state index contributed by atoms with van der Waals surface area (Å²) in [6.07, 6.45) is -0.177. The second kappa shape index (κ2) is 5.92. The van der Waals surface area contributed by atoms with E-state index in [4.69, 9.17) is 0 Å². The molecule has 2 aromatic carbocycles. The lowest BCUT2D eigenvalue weighted by atomic mass is 10.0. The molecular formula is C14H8Br2F2O. The molecule has 0 heterocycles. The monoisotopic (exact) mass is 388 g/mol. The Kier molecular flexibility index (Phi) is 4.47. The maximum atomic E-state index is 13.5. The van der Waals surface area contributed by atoms with Gasteiger partial charge >= 0.3 is 0 Å². The van der Waals surface area contributed by atoms with Crippen LogP contribution in [0.3, 0.4) is 0 Å². The molecule has 98 valence electrons. The molecule has 2 aromatic rings. The van der Waals surface area contributed by atoms with E-state index in [-0.39, 0.29) is 17.8 Å². The van der Waals surface area contributed by atoms with E-state index < -0.39 is 11.6 Å². The first kappa shape index (κ1) is 14.3. The zero-order valence-corrected chi connectivity index (χ0v) is 12.8. The highest BCUT2D eigenvalue weighted by Gasteiger charge is 2.14. The Morgan fingerprint density at radius 1 is 1.05 bits per heavy atom. The first-order valence-corrected chi connectivity index (χ1v) is 6.98. The van der Waals surface area contributed by atoms with Gasteiger partial charge in [0.15, 0.2) is 5.78 Å². The van der Waals surface area contributed by atoms with Crippen molar-refractivity contribution in [1.82, 2.24) is 0 Å². The van der Waals surface area contributed by atoms with E-state index in [2.05, 4.69) is 31.9 Å². The number of rotatable bonds is 3. The summed E-state index contributed by atoms with van der Waals surface area (Å²) < 4.78 is 28.0. The van der Waals surface area contributed by atoms with E-state index >= 15 is 0 Å². The second-order valence-electron chi connectivity index (χ2n) is 3.96. The minimum Gasteiger partial charge on any atom is -0.294 e. The molecular weight excluding hydrogens is 382 g/mol. The summed E-state index contributed by atoms with van der Waals surface area (Å²) in [5.41, 5.74) is 0.492. The largest absolute Gasteiger partial charge is 0.294 e. The molecule has 1 nitrogen and oxygen atoms in total. The van der Waals surface area contributed by atoms with Gasteiger partial charge in [-0.3, -0.25) is 4.79 Å². The van der Waals surface area contributed by atoms with Crippen molar-refractivity contribution in [3.8, 4) is 0 Å². The van der Waals surface area contributed by atoms with Crippen LogP contribution in [-0.4, -0.2) is 5.78 Å². The van der Waals surface area contributed by atoms with Crippen LogP contribution in [0.1, 0.15) is 15.9 Å². The van der Waals surface area contributed by atoms with Gasteiger partial charge in [0.25, 0.3) is 0 Å². The van der Waals surface area contributed by atoms with Crippen molar-refractivity contribution in [2.75, 3.05) is 0 Å². The maximum Gasteiger partial charge on any atom is 0.168 e. The first-order valence-electron chi connectivity index (χ1n) is 5.39. The third-order valence-electron chi connectivity index (χ3n) is 2.59. The van der Waals surface area contributed by atoms with Crippen molar-refractivity contribution in [3.63, 3.8) is 0 Å². The number of hydrogen-bond donors (Lipinski definition) is 0. The van der Waals surface area contributed by atoms with Crippen LogP contribution in [0.4, 0.5) is 8.78 Å². The Bertz CT molecular complexity index is 641. The minimum absolute atomic E-state index is 0.0554. The normalized spacial score (nSPS) is 10.5. The molecule has 0 bridgehead atoms. The first-order chi connectivity index (χ1) is 8.97. The fraction of sp³-hybridized carbons (Fsp3) is 0.0714. The van der Waals surface area contributed by atoms with Crippen LogP contribution in [0.5, 0.6) is 0 Å². The molecule has 0 fully saturated rings. The maximum absolute atomic E-state index is 13.5. The van der Waals surface area contributed by atoms with Crippen molar-refractivity contribution < 1.29 is 13.6 Å². The lowest BCUT2D eigenvalue weighted by molar-refractivity contribution is 0.0991. The Morgan fingerprint density at radius 2 is 1.79 bits per heavy atom. The predicted molar refractivity (Wildman–Crippen MR) is 76.2 cm³/mol. The molecule has 0 saturated heterocycles. The number of benzene rings is 2. The predicted octanol–water partition coefficient (Wildman–Crippen LogP) is 4.92. The van der Waals surface area contributed by atoms with Gasteiger partial charge in [-0.1, -0.05) is 31.9 Å². The molecule has 0 aliphatic heterocycles. The van der Waals surface area contributed by atoms with Crippen LogP contribution in [0.15, 0.2) is 45.3 Å². The molecule has 0 radical (unpaired) electrons. The van der Waals surface area contributed by atoms with Crippen molar-refractivity contribution in [1.29, 1.82) is 0 Å². The molecule has 0 aromatic heterocycles. The summed E-state index contributed by atoms with van der Waals surface area (Å²) in [6, 6.07) is 8.18. The highest BCUT2D eigenvalue weighted by molar-refractivity contribution is 9.11. The number of ketones is 1. The minimum atomic E-state index is -0.581. The van der Waals surface area contributed by atoms with Gasteiger partial charge in [-0.25, -0.2) is 8.78 Å². The highest BCUT2D eigenvalue weighted by Crippen LogP contribution is 2.23. The SMILES string of the molecule is O=C(Cc1cc(F)ccc1F)c1ccc(Br)cc1Br. The van der Waals surface area contributed by atoms with E-state index in [0.717, 1.165) is 22.7 Å². The van der Waals surface area contributed by atoms with Crippen LogP contribution >= 0.6 is 31.9 Å². The average molecular weight is 390 g/mol. The summed E-state index contributed by atoms with van der Waals surface area (Å²) in [5.74, 6) is -1.41. The topological polar surface area (TPSA) is 17.1 Å². The van der Waals surface area contributed by atoms with Crippen molar-refractivity contribution in [3.05, 3.63) is 68.1 Å². The molecule has 0 aliphatic carbocycles. The van der Waals surface area contributed by atoms with Gasteiger partial charge in [0.1, 0.15) is 11.6 Å². The van der Waals surface area contributed by atoms with E-state index in [1.54, 1.807) is 18.2 Å². The fourth-order valence-corrected chi connectivity index (χ4v) is 2.93. The van der Waals surface area contributed by atoms with Crippen LogP contribution in [0, 0.1) is 11.6 Å². The van der Waals surface area contributed by atoms with E-state index in [1.165, 1.54) is 0 Å². The highest BCUT2D eigenvalue weighted by atomic mass is 79.9. The van der Waals surface area contributed by atoms with E-state index in [1.807, 2.05) is 0 Å². The summed E-state index contributed by atoms with van der Waals surface area (Å²) in [6.45, 7) is 0. The summed E-state index contributed by atoms with van der Waals surface area (Å²) in [7, 11) is 0. The van der Waals surface area contributed by atoms with Crippen LogP contribution in [0.25, 0.3) is 0 Å². The van der Waals surface area contributed by atoms with Crippen molar-refractivity contribution in [2.24, 2.45) is 0 Å². The molecule has 0 N–H and O–H groups in total. The number of hydrogen-bond acceptors (Lipinski definition) is 1. The van der Waals surface area contributed by atoms with Gasteiger partial charge in [-0.15, -0.1) is 0 Å². The van der Waals surface area contributed by atoms with Crippen molar-refractivity contribution in [2.45, 2.75) is 6.42 Å². The van der Waals surface area contributed by atoms with Crippen LogP contribution < -0.4 is 0 Å². The number of halogens is 4. The van der Waals surface area contributed by atoms with Gasteiger partial charge in [0.2, 0.25) is 0 Å². The van der Waals surface area contributed by atoms with Gasteiger partial charge in [0, 0.05) is 20.9 Å². The van der Waals surface area contributed by atoms with Crippen LogP contribution in [0.2, 0.25) is 0 Å². The van der Waals surface area contributed by atoms with Gasteiger partial charge in [0.05, 0.1) is 0 Å². The molecule has 2 rings (SSSR count). The van der Waals surface area contributed by atoms with Crippen molar-refractivity contribution >= 4 is 37.6 Å². The average Bonchev–Trinajstić information content (AvgIpc) is 2.33. The Balaban J connectivity index is 2.28. The van der Waals surface area contributed by atoms with E-state index in [0.29, 0.717) is 10.0 Å². The smallest absolute Gasteiger partial charge is 0.168 e. The number of carbonyl (C=O) groups is 1. The van der Waals surface area contributed by atoms with Gasteiger partial charge < -0.3 is 0 Å². The zero-order chi connectivity index (χ0) is 14.0. The lowest BCUT2D eigenvalue weighted by Crippen LogP contribution is -2.06. The quantitative estimate of drug-likeness (QED) is 0.681. The molecule has 0 spiro atoms. The lowest BCUT2D eigenvalue weighted by Gasteiger charge is -2.06. The Labute approximate surface area is 125 Å². The molecule has 0 atom stereocenters. The molecule has 0 amide bonds. The molecule has 0 saturated carbocycles. The van der Waals surface area contributed by atoms with Gasteiger partial charge in [-0.05, 0) is 42.0 Å². The molecule has 0 aliphatic rings. The standard InChI is InChI=1S/C14H8Br2F2O/c15-9-1-3-11(12(16)7-9)14(19)6-8-5-10(17)2-4-13(8)18/h1-5,7H,6H2. The third kappa shape index (κ3) is 3.48. The summed E-state index contributed by atoms with van der Waals surface area (Å²) in [4.78, 5) is 12.1. The van der Waals surface area contributed by atoms with Gasteiger partial charge in [-0.2, -0.15) is 0 Å². The second-order valence-corrected chi connectivity index (χ2v) is 5.73. The van der Waals surface area contributed by atoms with E-state index in [9.17, 15) is 13.6 Å². The van der Waals surface area contributed by atoms with Crippen LogP contribution in [-0.2, 0) is 6.42 Å². The molecule has 19 heavy (non-hydrogen) atoms. The summed E-state index contributed by atoms with van der Waals surface area (Å²) in [5, 5.41) is 0. The molecule has 0 unspecified atom stereocenters. The Morgan fingerprint density at radius 3 is 2.47 bits per heavy atom. The fourth-order valence-electron chi connectivity index (χ4n) is 1.66.